The fourth-order valence-corrected chi connectivity index (χ4v) is 4.62. The number of likely N-dealkylation sites (N-methyl/N-ethyl adjacent to an activating group) is 1. The van der Waals surface area contributed by atoms with Crippen LogP contribution in [0, 0.1) is 0 Å². The molecular formula is C23H28N4O7S. The van der Waals surface area contributed by atoms with Gasteiger partial charge in [-0.15, -0.1) is 0 Å². The van der Waals surface area contributed by atoms with Crippen molar-refractivity contribution in [3.05, 3.63) is 47.3 Å². The summed E-state index contributed by atoms with van der Waals surface area (Å²) in [7, 11) is -4.02. The molecule has 0 saturated carbocycles. The average molecular weight is 505 g/mol. The van der Waals surface area contributed by atoms with Gasteiger partial charge in [0, 0.05) is 31.5 Å². The lowest BCUT2D eigenvalue weighted by Gasteiger charge is -2.32. The second-order valence-corrected chi connectivity index (χ2v) is 9.51. The lowest BCUT2D eigenvalue weighted by atomic mass is 9.98. The van der Waals surface area contributed by atoms with Crippen LogP contribution < -0.4 is 0 Å². The summed E-state index contributed by atoms with van der Waals surface area (Å²) in [6, 6.07) is 7.44. The van der Waals surface area contributed by atoms with Crippen molar-refractivity contribution in [2.75, 3.05) is 19.6 Å². The molecule has 3 amide bonds. The number of esters is 1. The standard InChI is InChI=1S/C23H28N4O7S/c1-4-23(22(31)26(5-2)6-3,14-16-35(32,33)17-11-8-7-9-12-17)34-21(30)19(25-24)20(29)27-15-10-13-18(27)28/h7-9,11-12,14,16H,4-6,10,13,15H2,1-3H3/b16-14+. The SMILES string of the molecule is CCN(CC)C(=O)C(/C=C/S(=O)(=O)c1ccccc1)(CC)OC(=O)C(=[N+]=[N-])C(=O)N1CCCC1=O. The van der Waals surface area contributed by atoms with Crippen LogP contribution in [-0.2, 0) is 33.8 Å². The molecule has 0 aliphatic carbocycles. The topological polar surface area (TPSA) is 155 Å². The Bertz CT molecular complexity index is 1170. The summed E-state index contributed by atoms with van der Waals surface area (Å²) < 4.78 is 31.0. The molecule has 1 fully saturated rings. The van der Waals surface area contributed by atoms with Crippen molar-refractivity contribution in [3.8, 4) is 0 Å². The number of rotatable bonds is 10. The minimum Gasteiger partial charge on any atom is -0.436 e. The molecule has 0 radical (unpaired) electrons. The maximum Gasteiger partial charge on any atom is 0.463 e. The van der Waals surface area contributed by atoms with E-state index >= 15 is 0 Å². The van der Waals surface area contributed by atoms with E-state index in [1.54, 1.807) is 19.9 Å². The molecule has 1 aromatic rings. The number of sulfone groups is 1. The van der Waals surface area contributed by atoms with Gasteiger partial charge in [-0.1, -0.05) is 25.1 Å². The Hall–Kier alpha value is -3.63. The Balaban J connectivity index is 2.49. The largest absolute Gasteiger partial charge is 0.463 e. The Morgan fingerprint density at radius 3 is 2.29 bits per heavy atom. The van der Waals surface area contributed by atoms with Gasteiger partial charge in [0.1, 0.15) is 0 Å². The van der Waals surface area contributed by atoms with E-state index in [2.05, 4.69) is 4.79 Å². The lowest BCUT2D eigenvalue weighted by molar-refractivity contribution is -0.167. The molecule has 1 aliphatic heterocycles. The van der Waals surface area contributed by atoms with E-state index in [9.17, 15) is 33.1 Å². The summed E-state index contributed by atoms with van der Waals surface area (Å²) in [5.74, 6) is -3.90. The molecule has 12 heteroatoms. The van der Waals surface area contributed by atoms with Gasteiger partial charge in [0.2, 0.25) is 11.5 Å². The van der Waals surface area contributed by atoms with Crippen LogP contribution in [-0.4, -0.2) is 77.6 Å². The minimum atomic E-state index is -4.02. The number of hydrogen-bond acceptors (Lipinski definition) is 7. The van der Waals surface area contributed by atoms with E-state index in [-0.39, 0.29) is 37.4 Å². The number of hydrogen-bond donors (Lipinski definition) is 0. The average Bonchev–Trinajstić information content (AvgIpc) is 3.29. The zero-order valence-electron chi connectivity index (χ0n) is 19.8. The van der Waals surface area contributed by atoms with Crippen LogP contribution in [0.3, 0.4) is 0 Å². The first-order valence-electron chi connectivity index (χ1n) is 11.2. The summed E-state index contributed by atoms with van der Waals surface area (Å²) in [6.45, 7) is 5.38. The highest BCUT2D eigenvalue weighted by molar-refractivity contribution is 7.94. The number of ether oxygens (including phenoxy) is 1. The number of nitrogens with zero attached hydrogens (tertiary/aromatic N) is 4. The van der Waals surface area contributed by atoms with Crippen LogP contribution in [0.2, 0.25) is 0 Å². The predicted octanol–water partition coefficient (Wildman–Crippen LogP) is 1.35. The zero-order valence-corrected chi connectivity index (χ0v) is 20.7. The molecule has 2 rings (SSSR count). The maximum atomic E-state index is 13.4. The van der Waals surface area contributed by atoms with Crippen LogP contribution in [0.5, 0.6) is 0 Å². The maximum absolute atomic E-state index is 13.4. The highest BCUT2D eigenvalue weighted by Crippen LogP contribution is 2.25. The first kappa shape index (κ1) is 27.6. The fourth-order valence-electron chi connectivity index (χ4n) is 3.53. The smallest absolute Gasteiger partial charge is 0.436 e. The Morgan fingerprint density at radius 2 is 1.80 bits per heavy atom. The molecule has 11 nitrogen and oxygen atoms in total. The monoisotopic (exact) mass is 504 g/mol. The van der Waals surface area contributed by atoms with E-state index in [4.69, 9.17) is 4.74 Å². The summed E-state index contributed by atoms with van der Waals surface area (Å²) in [5, 5.41) is 0.766. The molecule has 1 heterocycles. The molecule has 188 valence electrons. The highest BCUT2D eigenvalue weighted by atomic mass is 32.2. The molecule has 35 heavy (non-hydrogen) atoms. The quantitative estimate of drug-likeness (QED) is 0.153. The number of benzene rings is 1. The predicted molar refractivity (Wildman–Crippen MR) is 124 cm³/mol. The van der Waals surface area contributed by atoms with Gasteiger partial charge in [0.05, 0.1) is 4.90 Å². The van der Waals surface area contributed by atoms with Gasteiger partial charge in [-0.25, -0.2) is 13.2 Å². The van der Waals surface area contributed by atoms with Gasteiger partial charge >= 0.3 is 17.6 Å². The van der Waals surface area contributed by atoms with Crippen LogP contribution in [0.25, 0.3) is 5.53 Å². The van der Waals surface area contributed by atoms with Crippen LogP contribution in [0.4, 0.5) is 0 Å². The number of imide groups is 1. The van der Waals surface area contributed by atoms with Gasteiger partial charge in [0.25, 0.3) is 5.91 Å². The summed E-state index contributed by atoms with van der Waals surface area (Å²) in [4.78, 5) is 55.6. The van der Waals surface area contributed by atoms with Crippen molar-refractivity contribution in [1.29, 1.82) is 0 Å². The summed E-state index contributed by atoms with van der Waals surface area (Å²) in [6.07, 6.45) is 1.25. The normalized spacial score (nSPS) is 15.4. The van der Waals surface area contributed by atoms with Crippen molar-refractivity contribution in [2.24, 2.45) is 0 Å². The molecule has 1 saturated heterocycles. The van der Waals surface area contributed by atoms with Gasteiger partial charge in [-0.05, 0) is 44.9 Å². The Morgan fingerprint density at radius 1 is 1.17 bits per heavy atom. The van der Waals surface area contributed by atoms with Gasteiger partial charge in [0.15, 0.2) is 9.84 Å². The molecule has 0 bridgehead atoms. The summed E-state index contributed by atoms with van der Waals surface area (Å²) in [5.41, 5.74) is 6.13. The molecule has 1 aliphatic rings. The van der Waals surface area contributed by atoms with Gasteiger partial charge < -0.3 is 15.2 Å². The third kappa shape index (κ3) is 6.09. The van der Waals surface area contributed by atoms with E-state index in [1.807, 2.05) is 0 Å². The minimum absolute atomic E-state index is 0.0382. The molecule has 1 aromatic carbocycles. The van der Waals surface area contributed by atoms with Crippen LogP contribution >= 0.6 is 0 Å². The second-order valence-electron chi connectivity index (χ2n) is 7.67. The molecule has 1 unspecified atom stereocenters. The van der Waals surface area contributed by atoms with E-state index < -0.39 is 44.8 Å². The second kappa shape index (κ2) is 11.7. The molecule has 0 N–H and O–H groups in total. The molecule has 0 spiro atoms. The zero-order chi connectivity index (χ0) is 26.2. The third-order valence-electron chi connectivity index (χ3n) is 5.62. The van der Waals surface area contributed by atoms with Gasteiger partial charge in [-0.3, -0.25) is 19.3 Å². The van der Waals surface area contributed by atoms with E-state index in [0.29, 0.717) is 6.42 Å². The first-order valence-corrected chi connectivity index (χ1v) is 12.7. The summed E-state index contributed by atoms with van der Waals surface area (Å²) >= 11 is 0. The Kier molecular flexibility index (Phi) is 9.21. The fraction of sp³-hybridized carbons (Fsp3) is 0.435. The third-order valence-corrected chi connectivity index (χ3v) is 7.04. The van der Waals surface area contributed by atoms with Crippen molar-refractivity contribution in [3.63, 3.8) is 0 Å². The number of carbonyl (C=O) groups is 4. The van der Waals surface area contributed by atoms with E-state index in [0.717, 1.165) is 16.4 Å². The van der Waals surface area contributed by atoms with Crippen molar-refractivity contribution < 1.29 is 37.1 Å². The molecule has 0 aromatic heterocycles. The highest BCUT2D eigenvalue weighted by Gasteiger charge is 2.47. The van der Waals surface area contributed by atoms with E-state index in [1.165, 1.54) is 36.1 Å². The molecule has 1 atom stereocenters. The van der Waals surface area contributed by atoms with Crippen molar-refractivity contribution in [1.82, 2.24) is 9.80 Å². The van der Waals surface area contributed by atoms with Crippen molar-refractivity contribution >= 4 is 39.2 Å². The number of amides is 3. The molecular weight excluding hydrogens is 476 g/mol. The van der Waals surface area contributed by atoms with Crippen LogP contribution in [0.15, 0.2) is 46.7 Å². The lowest BCUT2D eigenvalue weighted by Crippen LogP contribution is -2.52. The van der Waals surface area contributed by atoms with Crippen molar-refractivity contribution in [2.45, 2.75) is 50.5 Å². The number of likely N-dealkylation sites (tertiary alicyclic amines) is 1. The van der Waals surface area contributed by atoms with Crippen LogP contribution in [0.1, 0.15) is 40.0 Å². The first-order chi connectivity index (χ1) is 16.6. The number of carbonyl (C=O) groups excluding carboxylic acids is 4. The van der Waals surface area contributed by atoms with Gasteiger partial charge in [-0.2, -0.15) is 4.79 Å². The Labute approximate surface area is 203 Å².